The maximum absolute atomic E-state index is 10.6. The number of carboxylic acids is 1. The van der Waals surface area contributed by atoms with Crippen LogP contribution in [0, 0.1) is 0 Å². The van der Waals surface area contributed by atoms with Gasteiger partial charge in [-0.15, -0.1) is 6.58 Å². The summed E-state index contributed by atoms with van der Waals surface area (Å²) in [6, 6.07) is 0. The van der Waals surface area contributed by atoms with E-state index >= 15 is 0 Å². The second-order valence-electron chi connectivity index (χ2n) is 2.03. The lowest BCUT2D eigenvalue weighted by Crippen LogP contribution is -2.25. The number of nitrogens with two attached hydrogens (primary N) is 1. The lowest BCUT2D eigenvalue weighted by Gasteiger charge is -2.01. The Kier molecular flexibility index (Phi) is 7.15. The van der Waals surface area contributed by atoms with Crippen molar-refractivity contribution in [1.29, 1.82) is 0 Å². The number of rotatable bonds is 2. The van der Waals surface area contributed by atoms with Crippen LogP contribution in [0.5, 0.6) is 0 Å². The molecule has 0 saturated carbocycles. The third kappa shape index (κ3) is 13.9. The minimum atomic E-state index is -5.08. The second kappa shape index (κ2) is 6.44. The molecule has 13 heavy (non-hydrogen) atoms. The van der Waals surface area contributed by atoms with E-state index in [1.165, 1.54) is 0 Å². The molecule has 78 valence electrons. The highest BCUT2D eigenvalue weighted by atomic mass is 19.4. The summed E-state index contributed by atoms with van der Waals surface area (Å²) in [6.07, 6.45) is -3.33. The van der Waals surface area contributed by atoms with Crippen molar-refractivity contribution in [2.45, 2.75) is 6.18 Å². The summed E-state index contributed by atoms with van der Waals surface area (Å²) in [5, 5.41) is 8.69. The molecule has 0 aliphatic carbocycles. The summed E-state index contributed by atoms with van der Waals surface area (Å²) >= 11 is 0. The van der Waals surface area contributed by atoms with Gasteiger partial charge in [-0.3, -0.25) is 5.84 Å². The van der Waals surface area contributed by atoms with E-state index in [9.17, 15) is 13.2 Å². The molecule has 0 aromatic carbocycles. The molecule has 3 N–H and O–H groups in total. The maximum Gasteiger partial charge on any atom is 0.490 e. The van der Waals surface area contributed by atoms with Crippen molar-refractivity contribution in [1.82, 2.24) is 5.01 Å². The van der Waals surface area contributed by atoms with Gasteiger partial charge in [0.05, 0.1) is 0 Å². The number of hydrogen-bond acceptors (Lipinski definition) is 3. The van der Waals surface area contributed by atoms with E-state index in [1.54, 1.807) is 18.1 Å². The Balaban J connectivity index is 0. The lowest BCUT2D eigenvalue weighted by atomic mass is 10.6. The lowest BCUT2D eigenvalue weighted by molar-refractivity contribution is -0.192. The zero-order valence-electron chi connectivity index (χ0n) is 7.01. The van der Waals surface area contributed by atoms with E-state index in [1.807, 2.05) is 0 Å². The van der Waals surface area contributed by atoms with Crippen LogP contribution in [0.4, 0.5) is 13.2 Å². The Hall–Kier alpha value is -1.08. The molecule has 0 saturated heterocycles. The molecule has 0 bridgehead atoms. The average Bonchev–Trinajstić information content (AvgIpc) is 1.85. The number of carbonyl (C=O) groups is 1. The quantitative estimate of drug-likeness (QED) is 0.389. The first-order valence-corrected chi connectivity index (χ1v) is 3.08. The molecule has 4 nitrogen and oxygen atoms in total. The smallest absolute Gasteiger partial charge is 0.475 e. The van der Waals surface area contributed by atoms with Crippen molar-refractivity contribution in [3.05, 3.63) is 12.7 Å². The summed E-state index contributed by atoms with van der Waals surface area (Å²) in [6.45, 7) is 4.23. The maximum atomic E-state index is 10.6. The van der Waals surface area contributed by atoms with Gasteiger partial charge in [0.1, 0.15) is 0 Å². The van der Waals surface area contributed by atoms with Crippen molar-refractivity contribution < 1.29 is 23.1 Å². The van der Waals surface area contributed by atoms with Gasteiger partial charge in [0.15, 0.2) is 0 Å². The van der Waals surface area contributed by atoms with Gasteiger partial charge in [-0.1, -0.05) is 6.08 Å². The van der Waals surface area contributed by atoms with Crippen molar-refractivity contribution in [3.63, 3.8) is 0 Å². The van der Waals surface area contributed by atoms with Gasteiger partial charge in [-0.05, 0) is 0 Å². The third-order valence-electron chi connectivity index (χ3n) is 0.660. The number of alkyl halides is 3. The van der Waals surface area contributed by atoms with Gasteiger partial charge >= 0.3 is 12.1 Å². The first-order valence-electron chi connectivity index (χ1n) is 3.08. The van der Waals surface area contributed by atoms with Gasteiger partial charge in [-0.25, -0.2) is 9.80 Å². The van der Waals surface area contributed by atoms with Crippen molar-refractivity contribution in [2.75, 3.05) is 13.6 Å². The van der Waals surface area contributed by atoms with Gasteiger partial charge < -0.3 is 5.11 Å². The van der Waals surface area contributed by atoms with Gasteiger partial charge in [0.25, 0.3) is 0 Å². The largest absolute Gasteiger partial charge is 0.490 e. The molecule has 0 aromatic heterocycles. The van der Waals surface area contributed by atoms with Crippen molar-refractivity contribution in [3.8, 4) is 0 Å². The Bertz CT molecular complexity index is 168. The molecular weight excluding hydrogens is 189 g/mol. The molecule has 0 rings (SSSR count). The first kappa shape index (κ1) is 14.4. The van der Waals surface area contributed by atoms with E-state index in [2.05, 4.69) is 6.58 Å². The zero-order chi connectivity index (χ0) is 11.1. The minimum absolute atomic E-state index is 0.750. The number of carboxylic acid groups (broad SMARTS) is 1. The predicted octanol–water partition coefficient (Wildman–Crippen LogP) is 0.611. The Labute approximate surface area is 73.4 Å². The molecule has 0 heterocycles. The number of likely N-dealkylation sites (N-methyl/N-ethyl adjacent to an activating group) is 1. The monoisotopic (exact) mass is 200 g/mol. The molecule has 0 aliphatic rings. The molecule has 7 heteroatoms. The highest BCUT2D eigenvalue weighted by Gasteiger charge is 2.38. The van der Waals surface area contributed by atoms with Crippen LogP contribution in [0.3, 0.4) is 0 Å². The molecule has 0 radical (unpaired) electrons. The van der Waals surface area contributed by atoms with Crippen molar-refractivity contribution >= 4 is 5.97 Å². The molecule has 0 aliphatic heterocycles. The van der Waals surface area contributed by atoms with Crippen LogP contribution in [-0.4, -0.2) is 35.9 Å². The standard InChI is InChI=1S/C4H10N2.C2HF3O2/c1-3-4-6(2)5;3-2(4,5)1(6)7/h3H,1,4-5H2,2H3;(H,6,7). The summed E-state index contributed by atoms with van der Waals surface area (Å²) in [5.41, 5.74) is 0. The summed E-state index contributed by atoms with van der Waals surface area (Å²) < 4.78 is 31.7. The third-order valence-corrected chi connectivity index (χ3v) is 0.660. The molecule has 0 amide bonds. The fraction of sp³-hybridized carbons (Fsp3) is 0.500. The van der Waals surface area contributed by atoms with Crippen LogP contribution in [-0.2, 0) is 4.79 Å². The topological polar surface area (TPSA) is 66.6 Å². The fourth-order valence-corrected chi connectivity index (χ4v) is 0.204. The highest BCUT2D eigenvalue weighted by Crippen LogP contribution is 2.13. The second-order valence-corrected chi connectivity index (χ2v) is 2.03. The summed E-state index contributed by atoms with van der Waals surface area (Å²) in [5.74, 6) is 2.41. The van der Waals surface area contributed by atoms with E-state index < -0.39 is 12.1 Å². The van der Waals surface area contributed by atoms with Crippen molar-refractivity contribution in [2.24, 2.45) is 5.84 Å². The van der Waals surface area contributed by atoms with E-state index in [0.717, 1.165) is 6.54 Å². The van der Waals surface area contributed by atoms with Crippen LogP contribution in [0.2, 0.25) is 0 Å². The molecule has 0 spiro atoms. The number of hydrazine groups is 1. The van der Waals surface area contributed by atoms with Crippen LogP contribution in [0.15, 0.2) is 12.7 Å². The Morgan fingerprint density at radius 2 is 2.00 bits per heavy atom. The van der Waals surface area contributed by atoms with Gasteiger partial charge in [-0.2, -0.15) is 13.2 Å². The number of halogens is 3. The van der Waals surface area contributed by atoms with Crippen LogP contribution >= 0.6 is 0 Å². The average molecular weight is 200 g/mol. The number of hydrogen-bond donors (Lipinski definition) is 2. The van der Waals surface area contributed by atoms with E-state index in [4.69, 9.17) is 15.7 Å². The zero-order valence-corrected chi connectivity index (χ0v) is 7.01. The van der Waals surface area contributed by atoms with Crippen LogP contribution < -0.4 is 5.84 Å². The molecule has 0 unspecified atom stereocenters. The molecular formula is C6H11F3N2O2. The number of nitrogens with zero attached hydrogens (tertiary/aromatic N) is 1. The summed E-state index contributed by atoms with van der Waals surface area (Å²) in [4.78, 5) is 8.90. The normalized spacial score (nSPS) is 10.3. The van der Waals surface area contributed by atoms with Gasteiger partial charge in [0.2, 0.25) is 0 Å². The Morgan fingerprint density at radius 1 is 1.69 bits per heavy atom. The first-order chi connectivity index (χ1) is 5.71. The summed E-state index contributed by atoms with van der Waals surface area (Å²) in [7, 11) is 1.79. The molecule has 0 fully saturated rings. The number of aliphatic carboxylic acids is 1. The Morgan fingerprint density at radius 3 is 2.00 bits per heavy atom. The van der Waals surface area contributed by atoms with E-state index in [-0.39, 0.29) is 0 Å². The minimum Gasteiger partial charge on any atom is -0.475 e. The van der Waals surface area contributed by atoms with E-state index in [0.29, 0.717) is 0 Å². The van der Waals surface area contributed by atoms with Gasteiger partial charge in [0, 0.05) is 13.6 Å². The van der Waals surface area contributed by atoms with Crippen LogP contribution in [0.25, 0.3) is 0 Å². The highest BCUT2D eigenvalue weighted by molar-refractivity contribution is 5.73. The fourth-order valence-electron chi connectivity index (χ4n) is 0.204. The van der Waals surface area contributed by atoms with Crippen LogP contribution in [0.1, 0.15) is 0 Å². The molecule has 0 atom stereocenters. The predicted molar refractivity (Wildman–Crippen MR) is 40.7 cm³/mol. The molecule has 0 aromatic rings. The SMILES string of the molecule is C=CCN(C)N.O=C(O)C(F)(F)F.